The van der Waals surface area contributed by atoms with Crippen LogP contribution < -0.4 is 5.32 Å². The van der Waals surface area contributed by atoms with Crippen LogP contribution in [0, 0.1) is 6.92 Å². The summed E-state index contributed by atoms with van der Waals surface area (Å²) in [5, 5.41) is 3.36. The molecule has 0 aliphatic heterocycles. The average Bonchev–Trinajstić information content (AvgIpc) is 2.73. The lowest BCUT2D eigenvalue weighted by Crippen LogP contribution is -2.07. The van der Waals surface area contributed by atoms with E-state index in [2.05, 4.69) is 5.32 Å². The van der Waals surface area contributed by atoms with Crippen molar-refractivity contribution in [3.8, 4) is 0 Å². The Morgan fingerprint density at radius 2 is 2.17 bits per heavy atom. The van der Waals surface area contributed by atoms with Crippen LogP contribution in [-0.2, 0) is 4.79 Å². The molecule has 2 rings (SSSR count). The first-order chi connectivity index (χ1) is 8.63. The van der Waals surface area contributed by atoms with E-state index >= 15 is 0 Å². The second-order valence-corrected chi connectivity index (χ2v) is 5.54. The minimum absolute atomic E-state index is 0.164. The highest BCUT2D eigenvalue weighted by molar-refractivity contribution is 7.12. The molecule has 4 heteroatoms. The van der Waals surface area contributed by atoms with Crippen LogP contribution in [0.3, 0.4) is 0 Å². The molecular formula is C14H12ClNOS. The summed E-state index contributed by atoms with van der Waals surface area (Å²) in [5.41, 5.74) is 0.694. The molecule has 18 heavy (non-hydrogen) atoms. The van der Waals surface area contributed by atoms with Gasteiger partial charge in [-0.3, -0.25) is 4.79 Å². The molecule has 0 aliphatic carbocycles. The van der Waals surface area contributed by atoms with Gasteiger partial charge in [-0.1, -0.05) is 17.7 Å². The molecule has 0 saturated heterocycles. The number of hydrogen-bond donors (Lipinski definition) is 1. The maximum Gasteiger partial charge on any atom is 0.248 e. The third-order valence-corrected chi connectivity index (χ3v) is 3.45. The maximum absolute atomic E-state index is 11.7. The van der Waals surface area contributed by atoms with Gasteiger partial charge in [0, 0.05) is 26.5 Å². The molecule has 0 spiro atoms. The maximum atomic E-state index is 11.7. The average molecular weight is 278 g/mol. The monoisotopic (exact) mass is 277 g/mol. The lowest BCUT2D eigenvalue weighted by molar-refractivity contribution is -0.111. The Morgan fingerprint density at radius 1 is 1.33 bits per heavy atom. The Kier molecular flexibility index (Phi) is 4.18. The van der Waals surface area contributed by atoms with Gasteiger partial charge in [-0.25, -0.2) is 0 Å². The van der Waals surface area contributed by atoms with Gasteiger partial charge in [-0.2, -0.15) is 0 Å². The number of benzene rings is 1. The summed E-state index contributed by atoms with van der Waals surface area (Å²) < 4.78 is 0. The van der Waals surface area contributed by atoms with E-state index in [1.165, 1.54) is 11.0 Å². The molecule has 92 valence electrons. The van der Waals surface area contributed by atoms with E-state index in [4.69, 9.17) is 11.6 Å². The van der Waals surface area contributed by atoms with E-state index in [9.17, 15) is 4.79 Å². The second-order valence-electron chi connectivity index (χ2n) is 3.78. The van der Waals surface area contributed by atoms with Crippen LogP contribution in [0.15, 0.2) is 42.5 Å². The molecule has 2 aromatic rings. The number of carbonyl (C=O) groups is 1. The van der Waals surface area contributed by atoms with Gasteiger partial charge in [0.2, 0.25) is 5.91 Å². The number of hydrogen-bond acceptors (Lipinski definition) is 2. The van der Waals surface area contributed by atoms with Gasteiger partial charge < -0.3 is 5.32 Å². The van der Waals surface area contributed by atoms with Gasteiger partial charge in [-0.15, -0.1) is 11.3 Å². The van der Waals surface area contributed by atoms with E-state index < -0.39 is 0 Å². The van der Waals surface area contributed by atoms with E-state index in [0.717, 1.165) is 4.88 Å². The van der Waals surface area contributed by atoms with E-state index in [1.54, 1.807) is 41.7 Å². The van der Waals surface area contributed by atoms with Gasteiger partial charge in [0.25, 0.3) is 0 Å². The number of rotatable bonds is 3. The van der Waals surface area contributed by atoms with Crippen molar-refractivity contribution < 1.29 is 4.79 Å². The Bertz CT molecular complexity index is 589. The Labute approximate surface area is 115 Å². The van der Waals surface area contributed by atoms with Crippen molar-refractivity contribution in [1.29, 1.82) is 0 Å². The summed E-state index contributed by atoms with van der Waals surface area (Å²) in [5.74, 6) is -0.164. The first kappa shape index (κ1) is 12.9. The number of aryl methyl sites for hydroxylation is 1. The first-order valence-electron chi connectivity index (χ1n) is 5.44. The van der Waals surface area contributed by atoms with Crippen LogP contribution in [0.2, 0.25) is 5.02 Å². The van der Waals surface area contributed by atoms with E-state index in [0.29, 0.717) is 10.7 Å². The minimum Gasteiger partial charge on any atom is -0.322 e. The van der Waals surface area contributed by atoms with Crippen LogP contribution in [-0.4, -0.2) is 5.91 Å². The topological polar surface area (TPSA) is 29.1 Å². The molecule has 1 heterocycles. The lowest BCUT2D eigenvalue weighted by Gasteiger charge is -2.01. The van der Waals surface area contributed by atoms with E-state index in [-0.39, 0.29) is 5.91 Å². The summed E-state index contributed by atoms with van der Waals surface area (Å²) in [6.07, 6.45) is 3.32. The molecule has 0 radical (unpaired) electrons. The van der Waals surface area contributed by atoms with E-state index in [1.807, 2.05) is 19.1 Å². The van der Waals surface area contributed by atoms with Crippen LogP contribution in [0.1, 0.15) is 9.75 Å². The summed E-state index contributed by atoms with van der Waals surface area (Å²) in [7, 11) is 0. The van der Waals surface area contributed by atoms with Crippen LogP contribution in [0.4, 0.5) is 5.69 Å². The third kappa shape index (κ3) is 3.72. The van der Waals surface area contributed by atoms with Crippen molar-refractivity contribution >= 4 is 40.6 Å². The number of amides is 1. The highest BCUT2D eigenvalue weighted by atomic mass is 35.5. The minimum atomic E-state index is -0.164. The molecule has 0 aliphatic rings. The predicted octanol–water partition coefficient (Wildman–Crippen LogP) is 4.36. The molecule has 0 unspecified atom stereocenters. The number of thiophene rings is 1. The van der Waals surface area contributed by atoms with Crippen LogP contribution in [0.5, 0.6) is 0 Å². The molecule has 2 nitrogen and oxygen atoms in total. The van der Waals surface area contributed by atoms with Crippen molar-refractivity contribution in [3.63, 3.8) is 0 Å². The highest BCUT2D eigenvalue weighted by Gasteiger charge is 1.99. The Balaban J connectivity index is 1.98. The number of halogens is 1. The zero-order chi connectivity index (χ0) is 13.0. The summed E-state index contributed by atoms with van der Waals surface area (Å²) in [6, 6.07) is 11.1. The number of nitrogens with one attached hydrogen (secondary N) is 1. The van der Waals surface area contributed by atoms with Crippen molar-refractivity contribution in [1.82, 2.24) is 0 Å². The molecular weight excluding hydrogens is 266 g/mol. The fourth-order valence-electron chi connectivity index (χ4n) is 1.45. The first-order valence-corrected chi connectivity index (χ1v) is 6.64. The van der Waals surface area contributed by atoms with Crippen molar-refractivity contribution in [3.05, 3.63) is 57.3 Å². The standard InChI is InChI=1S/C14H12ClNOS/c1-10-5-6-13(18-10)7-8-14(17)16-12-4-2-3-11(15)9-12/h2-9H,1H3,(H,16,17)/b8-7+. The van der Waals surface area contributed by atoms with Crippen molar-refractivity contribution in [2.45, 2.75) is 6.92 Å². The van der Waals surface area contributed by atoms with Gasteiger partial charge >= 0.3 is 0 Å². The summed E-state index contributed by atoms with van der Waals surface area (Å²) in [6.45, 7) is 2.04. The summed E-state index contributed by atoms with van der Waals surface area (Å²) in [4.78, 5) is 14.0. The second kappa shape index (κ2) is 5.85. The summed E-state index contributed by atoms with van der Waals surface area (Å²) >= 11 is 7.49. The Morgan fingerprint density at radius 3 is 2.83 bits per heavy atom. The normalized spacial score (nSPS) is 10.8. The zero-order valence-electron chi connectivity index (χ0n) is 9.81. The molecule has 0 bridgehead atoms. The molecule has 1 amide bonds. The van der Waals surface area contributed by atoms with Crippen LogP contribution in [0.25, 0.3) is 6.08 Å². The van der Waals surface area contributed by atoms with Gasteiger partial charge in [0.15, 0.2) is 0 Å². The Hall–Kier alpha value is -1.58. The lowest BCUT2D eigenvalue weighted by atomic mass is 10.3. The fraction of sp³-hybridized carbons (Fsp3) is 0.0714. The molecule has 1 aromatic heterocycles. The van der Waals surface area contributed by atoms with Gasteiger partial charge in [0.05, 0.1) is 0 Å². The number of carbonyl (C=O) groups excluding carboxylic acids is 1. The molecule has 0 fully saturated rings. The SMILES string of the molecule is Cc1ccc(/C=C/C(=O)Nc2cccc(Cl)c2)s1. The van der Waals surface area contributed by atoms with Gasteiger partial charge in [-0.05, 0) is 43.3 Å². The zero-order valence-corrected chi connectivity index (χ0v) is 11.4. The smallest absolute Gasteiger partial charge is 0.248 e. The molecule has 1 N–H and O–H groups in total. The van der Waals surface area contributed by atoms with Crippen LogP contribution >= 0.6 is 22.9 Å². The van der Waals surface area contributed by atoms with Crippen molar-refractivity contribution in [2.75, 3.05) is 5.32 Å². The highest BCUT2D eigenvalue weighted by Crippen LogP contribution is 2.17. The largest absolute Gasteiger partial charge is 0.322 e. The molecule has 1 aromatic carbocycles. The number of anilines is 1. The van der Waals surface area contributed by atoms with Crippen molar-refractivity contribution in [2.24, 2.45) is 0 Å². The third-order valence-electron chi connectivity index (χ3n) is 2.25. The molecule has 0 atom stereocenters. The molecule has 0 saturated carbocycles. The quantitative estimate of drug-likeness (QED) is 0.830. The predicted molar refractivity (Wildman–Crippen MR) is 78.2 cm³/mol. The van der Waals surface area contributed by atoms with Gasteiger partial charge in [0.1, 0.15) is 0 Å². The fourth-order valence-corrected chi connectivity index (χ4v) is 2.42.